The van der Waals surface area contributed by atoms with E-state index in [1.807, 2.05) is 0 Å². The molecule has 2 aliphatic heterocycles. The van der Waals surface area contributed by atoms with Gasteiger partial charge in [-0.15, -0.1) is 13.2 Å². The van der Waals surface area contributed by atoms with Crippen LogP contribution in [0.2, 0.25) is 0 Å². The van der Waals surface area contributed by atoms with E-state index < -0.39 is 17.5 Å². The first-order chi connectivity index (χ1) is 16.7. The van der Waals surface area contributed by atoms with E-state index in [0.29, 0.717) is 26.1 Å². The molecule has 1 fully saturated rings. The lowest BCUT2D eigenvalue weighted by Crippen LogP contribution is -2.47. The van der Waals surface area contributed by atoms with Crippen LogP contribution < -0.4 is 14.8 Å². The van der Waals surface area contributed by atoms with Gasteiger partial charge in [0, 0.05) is 57.1 Å². The molecule has 0 aliphatic carbocycles. The molecule has 35 heavy (non-hydrogen) atoms. The fraction of sp³-hybridized carbons (Fsp3) is 0.524. The van der Waals surface area contributed by atoms with E-state index >= 15 is 0 Å². The molecule has 0 unspecified atom stereocenters. The van der Waals surface area contributed by atoms with Crippen LogP contribution in [0.5, 0.6) is 11.8 Å². The average Bonchev–Trinajstić information content (AvgIpc) is 3.25. The highest BCUT2D eigenvalue weighted by Crippen LogP contribution is 2.27. The zero-order chi connectivity index (χ0) is 25.0. The van der Waals surface area contributed by atoms with E-state index in [1.165, 1.54) is 22.9 Å². The maximum absolute atomic E-state index is 12.5. The molecule has 1 aromatic heterocycles. The number of aromatic nitrogens is 2. The molecule has 3 heterocycles. The van der Waals surface area contributed by atoms with Gasteiger partial charge in [-0.1, -0.05) is 12.1 Å². The molecule has 1 aromatic carbocycles. The van der Waals surface area contributed by atoms with Crippen LogP contribution in [-0.2, 0) is 11.3 Å². The number of carbonyl (C=O) groups is 1. The smallest absolute Gasteiger partial charge is 0.446 e. The van der Waals surface area contributed by atoms with Crippen molar-refractivity contribution >= 4 is 11.7 Å². The highest BCUT2D eigenvalue weighted by molar-refractivity contribution is 5.76. The Morgan fingerprint density at radius 3 is 2.54 bits per heavy atom. The van der Waals surface area contributed by atoms with Crippen LogP contribution in [0.15, 0.2) is 30.5 Å². The van der Waals surface area contributed by atoms with Gasteiger partial charge in [0.2, 0.25) is 5.91 Å². The fourth-order valence-electron chi connectivity index (χ4n) is 4.07. The number of alkyl halides is 3. The minimum atomic E-state index is -4.71. The molecular formula is C21H25F3N6O5. The van der Waals surface area contributed by atoms with Crippen molar-refractivity contribution in [1.29, 1.82) is 0 Å². The zero-order valence-corrected chi connectivity index (χ0v) is 18.7. The highest BCUT2D eigenvalue weighted by Gasteiger charge is 2.31. The van der Waals surface area contributed by atoms with Crippen molar-refractivity contribution in [3.8, 4) is 11.8 Å². The van der Waals surface area contributed by atoms with Gasteiger partial charge in [-0.05, 0) is 22.6 Å². The van der Waals surface area contributed by atoms with Gasteiger partial charge in [0.1, 0.15) is 18.1 Å². The number of nitrogens with zero attached hydrogens (tertiary/aromatic N) is 5. The van der Waals surface area contributed by atoms with Crippen LogP contribution in [0.1, 0.15) is 24.6 Å². The summed E-state index contributed by atoms with van der Waals surface area (Å²) in [6.07, 6.45) is -3.13. The van der Waals surface area contributed by atoms with Crippen molar-refractivity contribution < 1.29 is 32.4 Å². The number of hydrogen-bond acceptors (Lipinski definition) is 8. The molecule has 1 saturated heterocycles. The minimum Gasteiger partial charge on any atom is -0.446 e. The normalized spacial score (nSPS) is 19.0. The quantitative estimate of drug-likeness (QED) is 0.436. The Hall–Kier alpha value is -3.39. The van der Waals surface area contributed by atoms with Crippen molar-refractivity contribution in [2.75, 3.05) is 39.3 Å². The van der Waals surface area contributed by atoms with Crippen LogP contribution >= 0.6 is 0 Å². The lowest BCUT2D eigenvalue weighted by Gasteiger charge is -2.34. The third-order valence-corrected chi connectivity index (χ3v) is 5.84. The Morgan fingerprint density at radius 1 is 1.20 bits per heavy atom. The number of nitro groups is 1. The number of halogens is 3. The number of amides is 1. The Morgan fingerprint density at radius 2 is 1.89 bits per heavy atom. The molecule has 190 valence electrons. The zero-order valence-electron chi connectivity index (χ0n) is 18.7. The van der Waals surface area contributed by atoms with E-state index in [1.54, 1.807) is 12.1 Å². The van der Waals surface area contributed by atoms with Crippen LogP contribution in [0.25, 0.3) is 0 Å². The van der Waals surface area contributed by atoms with E-state index in [-0.39, 0.29) is 29.9 Å². The van der Waals surface area contributed by atoms with Gasteiger partial charge in [0.25, 0.3) is 0 Å². The highest BCUT2D eigenvalue weighted by atomic mass is 19.4. The van der Waals surface area contributed by atoms with E-state index in [9.17, 15) is 28.1 Å². The first-order valence-electron chi connectivity index (χ1n) is 11.1. The second kappa shape index (κ2) is 10.5. The fourth-order valence-corrected chi connectivity index (χ4v) is 4.07. The summed E-state index contributed by atoms with van der Waals surface area (Å²) in [4.78, 5) is 31.0. The number of benzene rings is 1. The molecule has 2 aromatic rings. The van der Waals surface area contributed by atoms with Crippen molar-refractivity contribution in [2.45, 2.75) is 31.9 Å². The van der Waals surface area contributed by atoms with Crippen LogP contribution in [-0.4, -0.2) is 75.9 Å². The summed E-state index contributed by atoms with van der Waals surface area (Å²) < 4.78 is 47.5. The molecule has 1 N–H and O–H groups in total. The molecule has 14 heteroatoms. The van der Waals surface area contributed by atoms with E-state index in [2.05, 4.69) is 24.8 Å². The molecule has 0 radical (unpaired) electrons. The Kier molecular flexibility index (Phi) is 7.40. The van der Waals surface area contributed by atoms with Gasteiger partial charge in [-0.25, -0.2) is 0 Å². The van der Waals surface area contributed by atoms with Crippen LogP contribution in [0.4, 0.5) is 19.0 Å². The summed E-state index contributed by atoms with van der Waals surface area (Å²) in [6, 6.07) is 5.97. The third kappa shape index (κ3) is 6.82. The van der Waals surface area contributed by atoms with Gasteiger partial charge < -0.3 is 29.8 Å². The molecule has 1 amide bonds. The summed E-state index contributed by atoms with van der Waals surface area (Å²) in [7, 11) is 0. The Bertz CT molecular complexity index is 1040. The number of carbonyl (C=O) groups excluding carboxylic acids is 1. The Balaban J connectivity index is 1.18. The topological polar surface area (TPSA) is 115 Å². The summed E-state index contributed by atoms with van der Waals surface area (Å²) in [5.74, 6) is -0.736. The van der Waals surface area contributed by atoms with Crippen LogP contribution in [0, 0.1) is 10.1 Å². The summed E-state index contributed by atoms with van der Waals surface area (Å²) in [5, 5.41) is 13.8. The largest absolute Gasteiger partial charge is 0.573 e. The number of piperazine rings is 1. The molecular weight excluding hydrogens is 473 g/mol. The monoisotopic (exact) mass is 498 g/mol. The third-order valence-electron chi connectivity index (χ3n) is 5.84. The SMILES string of the molecule is O=C(CCN1CCN(Cc2ccc(OC(F)(F)F)cc2)CC1)N[C@@H]1CCOc2nc([N+](=O)[O-])cn21. The number of hydrogen-bond donors (Lipinski definition) is 1. The first kappa shape index (κ1) is 24.7. The number of imidazole rings is 1. The number of fused-ring (bicyclic) bond motifs is 1. The maximum Gasteiger partial charge on any atom is 0.573 e. The van der Waals surface area contributed by atoms with Gasteiger partial charge >= 0.3 is 18.2 Å². The first-order valence-corrected chi connectivity index (χ1v) is 11.1. The molecule has 4 rings (SSSR count). The standard InChI is InChI=1S/C21H25F3N6O5/c22-21(23,24)35-16-3-1-15(2-4-16)13-28-10-8-27(9-11-28)7-5-19(31)25-17-6-12-34-20-26-18(30(32)33)14-29(17)20/h1-4,14,17H,5-13H2,(H,25,31)/t17-/m0/s1. The van der Waals surface area contributed by atoms with Gasteiger partial charge in [0.05, 0.1) is 6.61 Å². The molecule has 1 atom stereocenters. The van der Waals surface area contributed by atoms with Crippen molar-refractivity contribution in [1.82, 2.24) is 24.7 Å². The summed E-state index contributed by atoms with van der Waals surface area (Å²) in [5.41, 5.74) is 0.892. The minimum absolute atomic E-state index is 0.117. The lowest BCUT2D eigenvalue weighted by molar-refractivity contribution is -0.389. The lowest BCUT2D eigenvalue weighted by atomic mass is 10.2. The number of nitrogens with one attached hydrogen (secondary N) is 1. The van der Waals surface area contributed by atoms with Crippen molar-refractivity contribution in [3.05, 3.63) is 46.1 Å². The van der Waals surface area contributed by atoms with Gasteiger partial charge in [-0.2, -0.15) is 0 Å². The molecule has 0 bridgehead atoms. The number of ether oxygens (including phenoxy) is 2. The van der Waals surface area contributed by atoms with Crippen LogP contribution in [0.3, 0.4) is 0 Å². The van der Waals surface area contributed by atoms with Gasteiger partial charge in [0.15, 0.2) is 0 Å². The summed E-state index contributed by atoms with van der Waals surface area (Å²) >= 11 is 0. The average molecular weight is 498 g/mol. The van der Waals surface area contributed by atoms with E-state index in [0.717, 1.165) is 31.7 Å². The molecule has 2 aliphatic rings. The van der Waals surface area contributed by atoms with Gasteiger partial charge in [-0.3, -0.25) is 14.3 Å². The summed E-state index contributed by atoms with van der Waals surface area (Å²) in [6.45, 7) is 4.55. The molecule has 0 saturated carbocycles. The van der Waals surface area contributed by atoms with Crippen molar-refractivity contribution in [2.24, 2.45) is 0 Å². The second-order valence-electron chi connectivity index (χ2n) is 8.33. The van der Waals surface area contributed by atoms with Crippen molar-refractivity contribution in [3.63, 3.8) is 0 Å². The Labute approximate surface area is 198 Å². The maximum atomic E-state index is 12.5. The molecule has 11 nitrogen and oxygen atoms in total. The number of rotatable bonds is 8. The molecule has 0 spiro atoms. The predicted octanol–water partition coefficient (Wildman–Crippen LogP) is 2.30. The second-order valence-corrected chi connectivity index (χ2v) is 8.33. The predicted molar refractivity (Wildman–Crippen MR) is 116 cm³/mol. The van der Waals surface area contributed by atoms with E-state index in [4.69, 9.17) is 4.74 Å².